The summed E-state index contributed by atoms with van der Waals surface area (Å²) in [6.45, 7) is 1.10. The van der Waals surface area contributed by atoms with Crippen molar-refractivity contribution in [3.05, 3.63) is 30.2 Å². The Morgan fingerprint density at radius 1 is 1.35 bits per heavy atom. The van der Waals surface area contributed by atoms with Crippen molar-refractivity contribution < 1.29 is 23.5 Å². The number of carbonyl (C=O) groups is 2. The number of nitrogens with zero attached hydrogens (tertiary/aromatic N) is 1. The molecule has 6 nitrogen and oxygen atoms in total. The molecule has 1 rings (SSSR count). The van der Waals surface area contributed by atoms with E-state index in [1.54, 1.807) is 25.3 Å². The van der Waals surface area contributed by atoms with Crippen molar-refractivity contribution in [3.63, 3.8) is 0 Å². The predicted molar refractivity (Wildman–Crippen MR) is 72.8 cm³/mol. The van der Waals surface area contributed by atoms with Crippen LogP contribution in [0.15, 0.2) is 28.9 Å². The van der Waals surface area contributed by atoms with Crippen LogP contribution >= 0.6 is 0 Å². The van der Waals surface area contributed by atoms with Crippen molar-refractivity contribution in [2.75, 3.05) is 33.9 Å². The largest absolute Gasteiger partial charge is 0.469 e. The van der Waals surface area contributed by atoms with Crippen LogP contribution in [-0.2, 0) is 19.1 Å². The monoisotopic (exact) mass is 281 g/mol. The predicted octanol–water partition coefficient (Wildman–Crippen LogP) is 1.33. The second-order valence-electron chi connectivity index (χ2n) is 3.99. The summed E-state index contributed by atoms with van der Waals surface area (Å²) < 4.78 is 14.6. The third kappa shape index (κ3) is 5.71. The zero-order chi connectivity index (χ0) is 14.8. The van der Waals surface area contributed by atoms with Crippen LogP contribution in [0, 0.1) is 0 Å². The maximum absolute atomic E-state index is 12.0. The van der Waals surface area contributed by atoms with Gasteiger partial charge in [-0.15, -0.1) is 0 Å². The molecule has 0 aliphatic heterocycles. The summed E-state index contributed by atoms with van der Waals surface area (Å²) in [7, 11) is 2.88. The van der Waals surface area contributed by atoms with Crippen LogP contribution in [0.2, 0.25) is 0 Å². The van der Waals surface area contributed by atoms with Gasteiger partial charge in [-0.05, 0) is 18.2 Å². The molecule has 0 N–H and O–H groups in total. The second-order valence-corrected chi connectivity index (χ2v) is 3.99. The van der Waals surface area contributed by atoms with E-state index in [1.807, 2.05) is 0 Å². The molecular formula is C14H19NO5. The fraction of sp³-hybridized carbons (Fsp3) is 0.429. The maximum Gasteiger partial charge on any atom is 0.307 e. The highest BCUT2D eigenvalue weighted by Crippen LogP contribution is 2.04. The van der Waals surface area contributed by atoms with E-state index in [0.717, 1.165) is 0 Å². The van der Waals surface area contributed by atoms with Gasteiger partial charge in [-0.1, -0.05) is 0 Å². The standard InChI is InChI=1S/C14H19NO5/c1-18-11-9-15(8-7-14(17)19-2)13(16)6-5-12-4-3-10-20-12/h3-6,10H,7-9,11H2,1-2H3. The van der Waals surface area contributed by atoms with E-state index in [1.165, 1.54) is 24.3 Å². The minimum absolute atomic E-state index is 0.153. The lowest BCUT2D eigenvalue weighted by atomic mass is 10.3. The molecule has 1 aromatic rings. The molecule has 0 aliphatic rings. The Morgan fingerprint density at radius 3 is 2.75 bits per heavy atom. The lowest BCUT2D eigenvalue weighted by Crippen LogP contribution is -2.34. The second kappa shape index (κ2) is 8.92. The zero-order valence-corrected chi connectivity index (χ0v) is 11.7. The first-order chi connectivity index (χ1) is 9.67. The molecule has 0 saturated carbocycles. The quantitative estimate of drug-likeness (QED) is 0.531. The summed E-state index contributed by atoms with van der Waals surface area (Å²) in [6, 6.07) is 3.49. The minimum Gasteiger partial charge on any atom is -0.469 e. The van der Waals surface area contributed by atoms with Gasteiger partial charge >= 0.3 is 5.97 Å². The molecular weight excluding hydrogens is 262 g/mol. The SMILES string of the molecule is COCCN(CCC(=O)OC)C(=O)C=Cc1ccco1. The van der Waals surface area contributed by atoms with Crippen LogP contribution < -0.4 is 0 Å². The van der Waals surface area contributed by atoms with Crippen LogP contribution in [-0.4, -0.2) is 50.7 Å². The van der Waals surface area contributed by atoms with E-state index in [9.17, 15) is 9.59 Å². The van der Waals surface area contributed by atoms with E-state index in [-0.39, 0.29) is 24.8 Å². The Balaban J connectivity index is 2.56. The molecule has 1 amide bonds. The Bertz CT molecular complexity index is 438. The van der Waals surface area contributed by atoms with E-state index < -0.39 is 0 Å². The van der Waals surface area contributed by atoms with Crippen LogP contribution in [0.4, 0.5) is 0 Å². The minimum atomic E-state index is -0.352. The first-order valence-corrected chi connectivity index (χ1v) is 6.23. The van der Waals surface area contributed by atoms with Crippen LogP contribution in [0.5, 0.6) is 0 Å². The summed E-state index contributed by atoms with van der Waals surface area (Å²) in [5, 5.41) is 0. The van der Waals surface area contributed by atoms with Crippen molar-refractivity contribution in [1.29, 1.82) is 0 Å². The van der Waals surface area contributed by atoms with E-state index in [4.69, 9.17) is 9.15 Å². The summed E-state index contributed by atoms with van der Waals surface area (Å²) in [6.07, 6.45) is 4.68. The highest BCUT2D eigenvalue weighted by Gasteiger charge is 2.12. The number of furan rings is 1. The van der Waals surface area contributed by atoms with Gasteiger partial charge in [-0.25, -0.2) is 0 Å². The molecule has 0 fully saturated rings. The van der Waals surface area contributed by atoms with Gasteiger partial charge in [0, 0.05) is 26.3 Å². The number of amides is 1. The molecule has 1 heterocycles. The third-order valence-corrected chi connectivity index (χ3v) is 2.62. The van der Waals surface area contributed by atoms with Gasteiger partial charge < -0.3 is 18.8 Å². The molecule has 0 atom stereocenters. The van der Waals surface area contributed by atoms with E-state index in [2.05, 4.69) is 4.74 Å². The van der Waals surface area contributed by atoms with E-state index in [0.29, 0.717) is 18.9 Å². The van der Waals surface area contributed by atoms with Crippen LogP contribution in [0.1, 0.15) is 12.2 Å². The lowest BCUT2D eigenvalue weighted by Gasteiger charge is -2.20. The smallest absolute Gasteiger partial charge is 0.307 e. The van der Waals surface area contributed by atoms with Gasteiger partial charge in [0.15, 0.2) is 0 Å². The molecule has 110 valence electrons. The highest BCUT2D eigenvalue weighted by atomic mass is 16.5. The molecule has 0 unspecified atom stereocenters. The number of carbonyl (C=O) groups excluding carboxylic acids is 2. The molecule has 0 radical (unpaired) electrons. The van der Waals surface area contributed by atoms with Gasteiger partial charge in [0.2, 0.25) is 5.91 Å². The number of hydrogen-bond donors (Lipinski definition) is 0. The molecule has 0 aromatic carbocycles. The fourth-order valence-corrected chi connectivity index (χ4v) is 1.51. The van der Waals surface area contributed by atoms with Crippen molar-refractivity contribution in [1.82, 2.24) is 4.90 Å². The van der Waals surface area contributed by atoms with Crippen LogP contribution in [0.25, 0.3) is 6.08 Å². The van der Waals surface area contributed by atoms with Crippen molar-refractivity contribution in [3.8, 4) is 0 Å². The molecule has 0 spiro atoms. The molecule has 0 bridgehead atoms. The fourth-order valence-electron chi connectivity index (χ4n) is 1.51. The molecule has 1 aromatic heterocycles. The normalized spacial score (nSPS) is 10.7. The number of ether oxygens (including phenoxy) is 2. The van der Waals surface area contributed by atoms with Gasteiger partial charge in [0.05, 0.1) is 26.4 Å². The first-order valence-electron chi connectivity index (χ1n) is 6.23. The maximum atomic E-state index is 12.0. The average Bonchev–Trinajstić information content (AvgIpc) is 2.97. The number of methoxy groups -OCH3 is 2. The first kappa shape index (κ1) is 16.0. The number of rotatable bonds is 8. The van der Waals surface area contributed by atoms with Crippen LogP contribution in [0.3, 0.4) is 0 Å². The van der Waals surface area contributed by atoms with E-state index >= 15 is 0 Å². The number of hydrogen-bond acceptors (Lipinski definition) is 5. The lowest BCUT2D eigenvalue weighted by molar-refractivity contribution is -0.141. The Labute approximate surface area is 117 Å². The van der Waals surface area contributed by atoms with Crippen molar-refractivity contribution >= 4 is 18.0 Å². The van der Waals surface area contributed by atoms with Gasteiger partial charge in [0.25, 0.3) is 0 Å². The summed E-state index contributed by atoms with van der Waals surface area (Å²) in [4.78, 5) is 24.7. The topological polar surface area (TPSA) is 69.0 Å². The van der Waals surface area contributed by atoms with Crippen molar-refractivity contribution in [2.45, 2.75) is 6.42 Å². The molecule has 6 heteroatoms. The molecule has 20 heavy (non-hydrogen) atoms. The Kier molecular flexibility index (Phi) is 7.13. The summed E-state index contributed by atoms with van der Waals surface area (Å²) >= 11 is 0. The molecule has 0 saturated heterocycles. The third-order valence-electron chi connectivity index (χ3n) is 2.62. The van der Waals surface area contributed by atoms with Gasteiger partial charge in [-0.3, -0.25) is 9.59 Å². The average molecular weight is 281 g/mol. The Morgan fingerprint density at radius 2 is 2.15 bits per heavy atom. The van der Waals surface area contributed by atoms with Gasteiger partial charge in [0.1, 0.15) is 5.76 Å². The summed E-state index contributed by atoms with van der Waals surface area (Å²) in [5.74, 6) is 0.0376. The number of esters is 1. The zero-order valence-electron chi connectivity index (χ0n) is 11.7. The van der Waals surface area contributed by atoms with Gasteiger partial charge in [-0.2, -0.15) is 0 Å². The summed E-state index contributed by atoms with van der Waals surface area (Å²) in [5.41, 5.74) is 0. The molecule has 0 aliphatic carbocycles. The highest BCUT2D eigenvalue weighted by molar-refractivity contribution is 5.91. The Hall–Kier alpha value is -2.08. The van der Waals surface area contributed by atoms with Crippen molar-refractivity contribution in [2.24, 2.45) is 0 Å².